The van der Waals surface area contributed by atoms with Gasteiger partial charge in [0.2, 0.25) is 0 Å². The average Bonchev–Trinajstić information content (AvgIpc) is 2.84. The van der Waals surface area contributed by atoms with Crippen molar-refractivity contribution in [3.8, 4) is 11.5 Å². The molecular weight excluding hydrogens is 418 g/mol. The number of carbonyl (C=O) groups excluding carboxylic acids is 2. The minimum atomic E-state index is -0.291. The first-order chi connectivity index (χ1) is 16.1. The highest BCUT2D eigenvalue weighted by Gasteiger charge is 2.12. The Morgan fingerprint density at radius 1 is 0.818 bits per heavy atom. The van der Waals surface area contributed by atoms with Gasteiger partial charge in [0.15, 0.2) is 11.5 Å². The van der Waals surface area contributed by atoms with E-state index in [2.05, 4.69) is 22.5 Å². The van der Waals surface area contributed by atoms with Crippen LogP contribution in [0.1, 0.15) is 53.3 Å². The van der Waals surface area contributed by atoms with Crippen molar-refractivity contribution in [2.75, 3.05) is 24.4 Å². The fraction of sp³-hybridized carbons (Fsp3) is 0.269. The number of rotatable bonds is 11. The van der Waals surface area contributed by atoms with Gasteiger partial charge in [-0.3, -0.25) is 14.6 Å². The standard InChI is InChI=1S/C26H29N3O4/c1-3-4-5-6-16-33-23-11-10-20(17-24(23)32-2)26(31)29-22-9-7-8-21(18-22)28-25(30)19-12-14-27-15-13-19/h7-15,17-18H,3-6,16H2,1-2H3,(H,28,30)(H,29,31). The molecule has 7 heteroatoms. The lowest BCUT2D eigenvalue weighted by molar-refractivity contribution is 0.101. The average molecular weight is 448 g/mol. The van der Waals surface area contributed by atoms with Crippen molar-refractivity contribution >= 4 is 23.2 Å². The Morgan fingerprint density at radius 3 is 2.18 bits per heavy atom. The number of amides is 2. The summed E-state index contributed by atoms with van der Waals surface area (Å²) in [4.78, 5) is 29.0. The van der Waals surface area contributed by atoms with Crippen LogP contribution in [0.3, 0.4) is 0 Å². The van der Waals surface area contributed by atoms with Crippen LogP contribution < -0.4 is 20.1 Å². The Bertz CT molecular complexity index is 1070. The molecule has 172 valence electrons. The number of hydrogen-bond donors (Lipinski definition) is 2. The van der Waals surface area contributed by atoms with Gasteiger partial charge in [0.1, 0.15) is 0 Å². The van der Waals surface area contributed by atoms with E-state index in [4.69, 9.17) is 9.47 Å². The fourth-order valence-corrected chi connectivity index (χ4v) is 3.22. The molecule has 0 atom stereocenters. The van der Waals surface area contributed by atoms with Gasteiger partial charge in [-0.1, -0.05) is 32.3 Å². The maximum Gasteiger partial charge on any atom is 0.255 e. The van der Waals surface area contributed by atoms with Crippen LogP contribution in [0, 0.1) is 0 Å². The third-order valence-electron chi connectivity index (χ3n) is 5.00. The second kappa shape index (κ2) is 12.2. The number of ether oxygens (including phenoxy) is 2. The lowest BCUT2D eigenvalue weighted by Crippen LogP contribution is -2.14. The molecule has 0 unspecified atom stereocenters. The van der Waals surface area contributed by atoms with Crippen molar-refractivity contribution in [1.82, 2.24) is 4.98 Å². The number of nitrogens with zero attached hydrogens (tertiary/aromatic N) is 1. The van der Waals surface area contributed by atoms with E-state index in [1.807, 2.05) is 0 Å². The minimum absolute atomic E-state index is 0.254. The van der Waals surface area contributed by atoms with Gasteiger partial charge in [-0.25, -0.2) is 0 Å². The second-order valence-corrected chi connectivity index (χ2v) is 7.50. The van der Waals surface area contributed by atoms with Crippen LogP contribution in [0.5, 0.6) is 11.5 Å². The van der Waals surface area contributed by atoms with Crippen molar-refractivity contribution < 1.29 is 19.1 Å². The van der Waals surface area contributed by atoms with Crippen molar-refractivity contribution in [1.29, 1.82) is 0 Å². The third kappa shape index (κ3) is 7.07. The summed E-state index contributed by atoms with van der Waals surface area (Å²) in [7, 11) is 1.55. The van der Waals surface area contributed by atoms with Gasteiger partial charge in [0, 0.05) is 34.9 Å². The van der Waals surface area contributed by atoms with Crippen LogP contribution in [-0.4, -0.2) is 30.5 Å². The molecule has 7 nitrogen and oxygen atoms in total. The molecule has 2 N–H and O–H groups in total. The van der Waals surface area contributed by atoms with Crippen LogP contribution in [0.25, 0.3) is 0 Å². The molecule has 0 bridgehead atoms. The highest BCUT2D eigenvalue weighted by molar-refractivity contribution is 6.06. The molecule has 3 aromatic rings. The summed E-state index contributed by atoms with van der Waals surface area (Å²) in [5.41, 5.74) is 2.07. The van der Waals surface area contributed by atoms with Crippen molar-refractivity contribution in [3.63, 3.8) is 0 Å². The minimum Gasteiger partial charge on any atom is -0.493 e. The van der Waals surface area contributed by atoms with Crippen LogP contribution in [0.2, 0.25) is 0 Å². The second-order valence-electron chi connectivity index (χ2n) is 7.50. The van der Waals surface area contributed by atoms with E-state index < -0.39 is 0 Å². The summed E-state index contributed by atoms with van der Waals surface area (Å²) in [5, 5.41) is 5.67. The highest BCUT2D eigenvalue weighted by Crippen LogP contribution is 2.29. The van der Waals surface area contributed by atoms with E-state index in [9.17, 15) is 9.59 Å². The Balaban J connectivity index is 1.62. The normalized spacial score (nSPS) is 10.4. The Morgan fingerprint density at radius 2 is 1.52 bits per heavy atom. The van der Waals surface area contributed by atoms with E-state index in [1.54, 1.807) is 74.1 Å². The number of unbranched alkanes of at least 4 members (excludes halogenated alkanes) is 3. The molecule has 0 saturated heterocycles. The number of pyridine rings is 1. The molecule has 1 heterocycles. The largest absolute Gasteiger partial charge is 0.493 e. The zero-order chi connectivity index (χ0) is 23.5. The van der Waals surface area contributed by atoms with Crippen LogP contribution in [-0.2, 0) is 0 Å². The quantitative estimate of drug-likeness (QED) is 0.376. The number of benzene rings is 2. The van der Waals surface area contributed by atoms with Gasteiger partial charge >= 0.3 is 0 Å². The number of nitrogens with one attached hydrogen (secondary N) is 2. The molecule has 0 aliphatic heterocycles. The van der Waals surface area contributed by atoms with Gasteiger partial charge in [0.25, 0.3) is 11.8 Å². The van der Waals surface area contributed by atoms with Crippen molar-refractivity contribution in [2.24, 2.45) is 0 Å². The van der Waals surface area contributed by atoms with Crippen LogP contribution in [0.4, 0.5) is 11.4 Å². The third-order valence-corrected chi connectivity index (χ3v) is 5.00. The summed E-state index contributed by atoms with van der Waals surface area (Å²) in [6.45, 7) is 2.78. The molecule has 3 rings (SSSR count). The van der Waals surface area contributed by atoms with Gasteiger partial charge in [-0.05, 0) is 55.0 Å². The van der Waals surface area contributed by atoms with Gasteiger partial charge in [-0.15, -0.1) is 0 Å². The smallest absolute Gasteiger partial charge is 0.255 e. The van der Waals surface area contributed by atoms with Crippen molar-refractivity contribution in [2.45, 2.75) is 32.6 Å². The number of carbonyl (C=O) groups is 2. The van der Waals surface area contributed by atoms with E-state index in [-0.39, 0.29) is 11.8 Å². The Hall–Kier alpha value is -3.87. The van der Waals surface area contributed by atoms with Crippen LogP contribution in [0.15, 0.2) is 67.0 Å². The SMILES string of the molecule is CCCCCCOc1ccc(C(=O)Nc2cccc(NC(=O)c3ccncc3)c2)cc1OC. The summed E-state index contributed by atoms with van der Waals surface area (Å²) >= 11 is 0. The van der Waals surface area contributed by atoms with Crippen LogP contribution >= 0.6 is 0 Å². The topological polar surface area (TPSA) is 89.6 Å². The summed E-state index contributed by atoms with van der Waals surface area (Å²) in [5.74, 6) is 0.583. The molecule has 33 heavy (non-hydrogen) atoms. The number of hydrogen-bond acceptors (Lipinski definition) is 5. The Labute approximate surface area is 194 Å². The molecule has 0 aliphatic carbocycles. The fourth-order valence-electron chi connectivity index (χ4n) is 3.22. The molecular formula is C26H29N3O4. The zero-order valence-electron chi connectivity index (χ0n) is 19.0. The van der Waals surface area contributed by atoms with E-state index >= 15 is 0 Å². The van der Waals surface area contributed by atoms with E-state index in [0.717, 1.165) is 12.8 Å². The van der Waals surface area contributed by atoms with Crippen molar-refractivity contribution in [3.05, 3.63) is 78.1 Å². The predicted octanol–water partition coefficient (Wildman–Crippen LogP) is 5.55. The molecule has 0 aliphatic rings. The maximum absolute atomic E-state index is 12.8. The molecule has 1 aromatic heterocycles. The summed E-state index contributed by atoms with van der Waals surface area (Å²) < 4.78 is 11.2. The number of methoxy groups -OCH3 is 1. The highest BCUT2D eigenvalue weighted by atomic mass is 16.5. The number of aromatic nitrogens is 1. The first kappa shape index (κ1) is 23.8. The molecule has 0 radical (unpaired) electrons. The monoisotopic (exact) mass is 447 g/mol. The first-order valence-corrected chi connectivity index (χ1v) is 11.0. The molecule has 0 saturated carbocycles. The zero-order valence-corrected chi connectivity index (χ0v) is 19.0. The lowest BCUT2D eigenvalue weighted by Gasteiger charge is -2.13. The molecule has 0 spiro atoms. The van der Waals surface area contributed by atoms with E-state index in [0.29, 0.717) is 40.6 Å². The first-order valence-electron chi connectivity index (χ1n) is 11.0. The lowest BCUT2D eigenvalue weighted by atomic mass is 10.1. The van der Waals surface area contributed by atoms with Gasteiger partial charge in [-0.2, -0.15) is 0 Å². The summed E-state index contributed by atoms with van der Waals surface area (Å²) in [6.07, 6.45) is 7.58. The molecule has 0 fully saturated rings. The molecule has 2 amide bonds. The Kier molecular flexibility index (Phi) is 8.82. The van der Waals surface area contributed by atoms with Gasteiger partial charge in [0.05, 0.1) is 13.7 Å². The maximum atomic E-state index is 12.8. The predicted molar refractivity (Wildman–Crippen MR) is 129 cm³/mol. The number of anilines is 2. The molecule has 2 aromatic carbocycles. The van der Waals surface area contributed by atoms with Gasteiger partial charge < -0.3 is 20.1 Å². The van der Waals surface area contributed by atoms with E-state index in [1.165, 1.54) is 12.8 Å². The summed E-state index contributed by atoms with van der Waals surface area (Å²) in [6, 6.07) is 15.3.